The molecule has 0 bridgehead atoms. The van der Waals surface area contributed by atoms with E-state index in [9.17, 15) is 30.0 Å². The summed E-state index contributed by atoms with van der Waals surface area (Å²) in [6, 6.07) is 0. The molecule has 0 radical (unpaired) electrons. The van der Waals surface area contributed by atoms with E-state index in [1.165, 1.54) is 57.4 Å². The van der Waals surface area contributed by atoms with Gasteiger partial charge in [-0.2, -0.15) is 0 Å². The van der Waals surface area contributed by atoms with Gasteiger partial charge in [-0.05, 0) is 25.7 Å². The van der Waals surface area contributed by atoms with Crippen LogP contribution in [0, 0.1) is 0 Å². The maximum Gasteiger partial charge on any atom is 0.305 e. The molecule has 0 unspecified atom stereocenters. The van der Waals surface area contributed by atoms with Crippen LogP contribution in [0.3, 0.4) is 0 Å². The smallest absolute Gasteiger partial charge is 0.305 e. The van der Waals surface area contributed by atoms with Crippen LogP contribution in [0.1, 0.15) is 136 Å². The minimum Gasteiger partial charge on any atom is -0.463 e. The van der Waals surface area contributed by atoms with Gasteiger partial charge in [0.1, 0.15) is 19.3 Å². The quantitative estimate of drug-likeness (QED) is 0.0370. The molecule has 260 valence electrons. The Kier molecular flexibility index (Phi) is 30.1. The van der Waals surface area contributed by atoms with Crippen LogP contribution in [0.25, 0.3) is 0 Å². The molecule has 0 aromatic heterocycles. The molecule has 8 heteroatoms. The Balaban J connectivity index is 3.85. The van der Waals surface area contributed by atoms with Crippen molar-refractivity contribution in [3.05, 3.63) is 48.6 Å². The normalized spacial score (nSPS) is 14.9. The van der Waals surface area contributed by atoms with Gasteiger partial charge in [-0.1, -0.05) is 146 Å². The van der Waals surface area contributed by atoms with E-state index in [4.69, 9.17) is 9.47 Å². The average Bonchev–Trinajstić information content (AvgIpc) is 3.02. The predicted octanol–water partition coefficient (Wildman–Crippen LogP) is 7.19. The van der Waals surface area contributed by atoms with E-state index >= 15 is 0 Å². The summed E-state index contributed by atoms with van der Waals surface area (Å²) in [5.41, 5.74) is 0. The molecular formula is C37H64O8. The SMILES string of the molecule is CCCCCCCCCCCCCC(=O)OC[C@@H](O)COC(=O)CCC[C@@H](O)[C@H](O)/C=C/C=C/C=C\C=C\[C@H](O)CCCCC. The standard InChI is InChI=1S/C37H64O8/c1-3-5-7-8-9-10-11-12-13-18-22-28-36(42)44-30-33(39)31-45-37(43)29-23-27-35(41)34(40)26-21-17-15-14-16-20-25-32(38)24-19-6-4-2/h14-17,20-21,25-26,32-35,38-41H,3-13,18-19,22-24,27-31H2,1-2H3/b16-14-,17-15+,25-20+,26-21+/t32-,33-,34-,35-/m1/s1. The first kappa shape index (κ1) is 42.7. The lowest BCUT2D eigenvalue weighted by Gasteiger charge is -2.14. The molecule has 0 saturated carbocycles. The predicted molar refractivity (Wildman–Crippen MR) is 182 cm³/mol. The van der Waals surface area contributed by atoms with Crippen LogP contribution in [0.2, 0.25) is 0 Å². The zero-order chi connectivity index (χ0) is 33.4. The molecule has 0 aromatic rings. The van der Waals surface area contributed by atoms with Crippen molar-refractivity contribution >= 4 is 11.9 Å². The molecule has 0 aliphatic heterocycles. The first-order valence-corrected chi connectivity index (χ1v) is 17.5. The molecule has 0 rings (SSSR count). The van der Waals surface area contributed by atoms with Crippen molar-refractivity contribution < 1.29 is 39.5 Å². The average molecular weight is 637 g/mol. The highest BCUT2D eigenvalue weighted by molar-refractivity contribution is 5.69. The highest BCUT2D eigenvalue weighted by Gasteiger charge is 2.15. The largest absolute Gasteiger partial charge is 0.463 e. The van der Waals surface area contributed by atoms with E-state index in [0.717, 1.165) is 44.9 Å². The minimum absolute atomic E-state index is 0.0321. The summed E-state index contributed by atoms with van der Waals surface area (Å²) in [7, 11) is 0. The maximum absolute atomic E-state index is 11.9. The maximum atomic E-state index is 11.9. The van der Waals surface area contributed by atoms with Crippen LogP contribution in [0.4, 0.5) is 0 Å². The third kappa shape index (κ3) is 30.2. The lowest BCUT2D eigenvalue weighted by Crippen LogP contribution is -2.26. The Morgan fingerprint density at radius 2 is 0.978 bits per heavy atom. The fourth-order valence-electron chi connectivity index (χ4n) is 4.59. The van der Waals surface area contributed by atoms with Gasteiger partial charge in [0.25, 0.3) is 0 Å². The summed E-state index contributed by atoms with van der Waals surface area (Å²) in [6.07, 6.45) is 28.3. The highest BCUT2D eigenvalue weighted by atomic mass is 16.6. The topological polar surface area (TPSA) is 134 Å². The molecule has 0 amide bonds. The van der Waals surface area contributed by atoms with Gasteiger partial charge >= 0.3 is 11.9 Å². The molecule has 4 N–H and O–H groups in total. The molecule has 0 aromatic carbocycles. The molecule has 45 heavy (non-hydrogen) atoms. The number of allylic oxidation sites excluding steroid dienone is 6. The summed E-state index contributed by atoms with van der Waals surface area (Å²) >= 11 is 0. The monoisotopic (exact) mass is 636 g/mol. The summed E-state index contributed by atoms with van der Waals surface area (Å²) in [4.78, 5) is 23.8. The number of hydrogen-bond acceptors (Lipinski definition) is 8. The fourth-order valence-corrected chi connectivity index (χ4v) is 4.59. The highest BCUT2D eigenvalue weighted by Crippen LogP contribution is 2.12. The van der Waals surface area contributed by atoms with Crippen LogP contribution in [0.5, 0.6) is 0 Å². The third-order valence-corrected chi connectivity index (χ3v) is 7.43. The van der Waals surface area contributed by atoms with Gasteiger partial charge in [-0.3, -0.25) is 9.59 Å². The second-order valence-electron chi connectivity index (χ2n) is 11.9. The summed E-state index contributed by atoms with van der Waals surface area (Å²) in [5, 5.41) is 40.0. The number of hydrogen-bond donors (Lipinski definition) is 4. The number of esters is 2. The zero-order valence-corrected chi connectivity index (χ0v) is 28.2. The van der Waals surface area contributed by atoms with Gasteiger partial charge in [-0.25, -0.2) is 0 Å². The van der Waals surface area contributed by atoms with Crippen LogP contribution < -0.4 is 0 Å². The van der Waals surface area contributed by atoms with Crippen molar-refractivity contribution in [3.8, 4) is 0 Å². The number of aliphatic hydroxyl groups excluding tert-OH is 4. The van der Waals surface area contributed by atoms with E-state index in [1.807, 2.05) is 6.08 Å². The molecule has 0 saturated heterocycles. The Hall–Kier alpha value is -2.26. The number of ether oxygens (including phenoxy) is 2. The molecule has 0 fully saturated rings. The van der Waals surface area contributed by atoms with E-state index < -0.39 is 30.4 Å². The first-order valence-electron chi connectivity index (χ1n) is 17.5. The first-order chi connectivity index (χ1) is 21.8. The van der Waals surface area contributed by atoms with Crippen LogP contribution in [-0.2, 0) is 19.1 Å². The Morgan fingerprint density at radius 1 is 0.533 bits per heavy atom. The number of carbonyl (C=O) groups excluding carboxylic acids is 2. The number of rotatable bonds is 30. The van der Waals surface area contributed by atoms with Crippen molar-refractivity contribution in [1.29, 1.82) is 0 Å². The number of carbonyl (C=O) groups is 2. The van der Waals surface area contributed by atoms with Gasteiger partial charge in [0, 0.05) is 12.8 Å². The minimum atomic E-state index is -1.09. The lowest BCUT2D eigenvalue weighted by molar-refractivity contribution is -0.152. The zero-order valence-electron chi connectivity index (χ0n) is 28.2. The summed E-state index contributed by atoms with van der Waals surface area (Å²) in [5.74, 6) is -0.887. The van der Waals surface area contributed by atoms with E-state index in [-0.39, 0.29) is 32.0 Å². The van der Waals surface area contributed by atoms with Gasteiger partial charge in [-0.15, -0.1) is 0 Å². The molecule has 8 nitrogen and oxygen atoms in total. The van der Waals surface area contributed by atoms with Gasteiger partial charge in [0.05, 0.1) is 18.3 Å². The van der Waals surface area contributed by atoms with Crippen molar-refractivity contribution in [1.82, 2.24) is 0 Å². The van der Waals surface area contributed by atoms with Crippen LogP contribution in [0.15, 0.2) is 48.6 Å². The third-order valence-electron chi connectivity index (χ3n) is 7.43. The molecule has 0 aliphatic rings. The van der Waals surface area contributed by atoms with Crippen molar-refractivity contribution in [3.63, 3.8) is 0 Å². The van der Waals surface area contributed by atoms with E-state index in [0.29, 0.717) is 12.8 Å². The molecule has 0 aliphatic carbocycles. The van der Waals surface area contributed by atoms with E-state index in [1.54, 1.807) is 36.5 Å². The number of aliphatic hydroxyl groups is 4. The second kappa shape index (κ2) is 31.7. The van der Waals surface area contributed by atoms with Gasteiger partial charge in [0.2, 0.25) is 0 Å². The van der Waals surface area contributed by atoms with Gasteiger partial charge in [0.15, 0.2) is 0 Å². The van der Waals surface area contributed by atoms with E-state index in [2.05, 4.69) is 13.8 Å². The second-order valence-corrected chi connectivity index (χ2v) is 11.9. The Morgan fingerprint density at radius 3 is 1.53 bits per heavy atom. The lowest BCUT2D eigenvalue weighted by atomic mass is 10.1. The van der Waals surface area contributed by atoms with Crippen molar-refractivity contribution in [2.45, 2.75) is 160 Å². The summed E-state index contributed by atoms with van der Waals surface area (Å²) < 4.78 is 10.1. The van der Waals surface area contributed by atoms with Crippen molar-refractivity contribution in [2.24, 2.45) is 0 Å². The fraction of sp³-hybridized carbons (Fsp3) is 0.730. The van der Waals surface area contributed by atoms with Crippen LogP contribution >= 0.6 is 0 Å². The Bertz CT molecular complexity index is 819. The van der Waals surface area contributed by atoms with Crippen LogP contribution in [-0.4, -0.2) is 70.0 Å². The summed E-state index contributed by atoms with van der Waals surface area (Å²) in [6.45, 7) is 3.87. The molecule has 0 spiro atoms. The molecule has 4 atom stereocenters. The molecular weight excluding hydrogens is 572 g/mol. The molecule has 0 heterocycles. The van der Waals surface area contributed by atoms with Gasteiger partial charge < -0.3 is 29.9 Å². The number of unbranched alkanes of at least 4 members (excludes halogenated alkanes) is 12. The Labute approximate surface area is 273 Å². The van der Waals surface area contributed by atoms with Crippen molar-refractivity contribution in [2.75, 3.05) is 13.2 Å².